The molecule has 2 rings (SSSR count). The predicted octanol–water partition coefficient (Wildman–Crippen LogP) is 5.11. The quantitative estimate of drug-likeness (QED) is 0.164. The van der Waals surface area contributed by atoms with Gasteiger partial charge < -0.3 is 10.8 Å². The van der Waals surface area contributed by atoms with Gasteiger partial charge in [-0.1, -0.05) is 35.3 Å². The molecule has 1 fully saturated rings. The molecule has 4 atom stereocenters. The topological polar surface area (TPSA) is 46.2 Å². The van der Waals surface area contributed by atoms with Gasteiger partial charge >= 0.3 is 0 Å². The summed E-state index contributed by atoms with van der Waals surface area (Å²) >= 11 is 6.50. The number of hydrogen-bond acceptors (Lipinski definition) is 4. The number of benzene rings is 1. The van der Waals surface area contributed by atoms with Crippen LogP contribution in [-0.4, -0.2) is 16.1 Å². The number of hydrogen-bond donors (Lipinski definition) is 2. The highest BCUT2D eigenvalue weighted by atomic mass is 32.9. The fraction of sp³-hybridized carbons (Fsp3) is 0.438. The van der Waals surface area contributed by atoms with Crippen molar-refractivity contribution in [1.82, 2.24) is 0 Å². The zero-order valence-corrected chi connectivity index (χ0v) is 17.6. The van der Waals surface area contributed by atoms with Crippen molar-refractivity contribution in [3.63, 3.8) is 0 Å². The molecule has 1 saturated carbocycles. The summed E-state index contributed by atoms with van der Waals surface area (Å²) in [6, 6.07) is 0. The number of halogens is 5. The molecule has 0 heterocycles. The minimum Gasteiger partial charge on any atom is -0.375 e. The lowest BCUT2D eigenvalue weighted by Crippen LogP contribution is -2.52. The van der Waals surface area contributed by atoms with E-state index >= 15 is 0 Å². The highest BCUT2D eigenvalue weighted by Gasteiger charge is 2.38. The van der Waals surface area contributed by atoms with Crippen molar-refractivity contribution in [2.45, 2.75) is 42.1 Å². The molecule has 0 amide bonds. The van der Waals surface area contributed by atoms with Gasteiger partial charge in [-0.3, -0.25) is 0 Å². The number of aliphatic hydroxyl groups is 1. The molecular weight excluding hydrogens is 444 g/mol. The Morgan fingerprint density at radius 2 is 1.74 bits per heavy atom. The normalized spacial score (nSPS) is 26.4. The van der Waals surface area contributed by atoms with Crippen LogP contribution in [0.25, 0.3) is 0 Å². The second kappa shape index (κ2) is 8.91. The van der Waals surface area contributed by atoms with Gasteiger partial charge in [-0.25, -0.2) is 22.0 Å². The summed E-state index contributed by atoms with van der Waals surface area (Å²) < 4.78 is 67.1. The lowest BCUT2D eigenvalue weighted by atomic mass is 9.80. The first-order valence-electron chi connectivity index (χ1n) is 7.77. The zero-order chi connectivity index (χ0) is 20.5. The number of allylic oxidation sites excluding steroid dienone is 1. The van der Waals surface area contributed by atoms with E-state index in [-0.39, 0.29) is 5.92 Å². The summed E-state index contributed by atoms with van der Waals surface area (Å²) in [5.74, 6) is -12.1. The maximum absolute atomic E-state index is 13.7. The molecule has 0 bridgehead atoms. The van der Waals surface area contributed by atoms with Gasteiger partial charge in [-0.2, -0.15) is 0 Å². The summed E-state index contributed by atoms with van der Waals surface area (Å²) in [6.07, 6.45) is 1.55. The van der Waals surface area contributed by atoms with Gasteiger partial charge in [0.2, 0.25) is 5.82 Å². The average Bonchev–Trinajstić information content (AvgIpc) is 2.60. The molecule has 1 aromatic rings. The molecule has 27 heavy (non-hydrogen) atoms. The van der Waals surface area contributed by atoms with Crippen LogP contribution in [0.2, 0.25) is 0 Å². The van der Waals surface area contributed by atoms with Gasteiger partial charge in [0, 0.05) is 0 Å². The summed E-state index contributed by atoms with van der Waals surface area (Å²) in [5.41, 5.74) is 5.39. The smallest absolute Gasteiger partial charge is 0.200 e. The van der Waals surface area contributed by atoms with Crippen molar-refractivity contribution in [3.8, 4) is 4.93 Å². The molecular formula is C16H17F5NOPS3. The first-order chi connectivity index (χ1) is 12.5. The first-order valence-corrected chi connectivity index (χ1v) is 12.8. The summed E-state index contributed by atoms with van der Waals surface area (Å²) in [4.78, 5) is 1.76. The SMILES string of the molecule is C=C(C)[C@@H]1CC[C@](N)(O)[C@@H](S#C[PH](=S)Sc2c(F)c(F)c(F)c(F)c2F)C1. The van der Waals surface area contributed by atoms with E-state index in [1.807, 2.05) is 6.92 Å². The van der Waals surface area contributed by atoms with Crippen molar-refractivity contribution < 1.29 is 27.1 Å². The first kappa shape index (κ1) is 22.8. The minimum absolute atomic E-state index is 0.164. The molecule has 0 radical (unpaired) electrons. The van der Waals surface area contributed by atoms with Crippen LogP contribution >= 0.6 is 28.5 Å². The Kier molecular flexibility index (Phi) is 7.53. The third-order valence-electron chi connectivity index (χ3n) is 4.30. The second-order valence-electron chi connectivity index (χ2n) is 6.31. The molecule has 1 aliphatic carbocycles. The third-order valence-corrected chi connectivity index (χ3v) is 10.5. The Bertz CT molecular complexity index is 839. The van der Waals surface area contributed by atoms with E-state index in [2.05, 4.69) is 11.5 Å². The van der Waals surface area contributed by atoms with Crippen LogP contribution in [0.3, 0.4) is 0 Å². The lowest BCUT2D eigenvalue weighted by Gasteiger charge is -2.38. The number of rotatable bonds is 3. The Labute approximate surface area is 167 Å². The molecule has 2 nitrogen and oxygen atoms in total. The fourth-order valence-corrected chi connectivity index (χ4v) is 8.05. The lowest BCUT2D eigenvalue weighted by molar-refractivity contribution is 0.00811. The van der Waals surface area contributed by atoms with Crippen molar-refractivity contribution in [2.75, 3.05) is 0 Å². The Balaban J connectivity index is 2.23. The van der Waals surface area contributed by atoms with Crippen LogP contribution in [0.5, 0.6) is 0 Å². The van der Waals surface area contributed by atoms with Crippen LogP contribution in [-0.2, 0) is 11.8 Å². The van der Waals surface area contributed by atoms with Gasteiger partial charge in [0.05, 0.1) is 16.0 Å². The molecule has 0 aromatic heterocycles. The van der Waals surface area contributed by atoms with Gasteiger partial charge in [0.15, 0.2) is 23.3 Å². The Morgan fingerprint density at radius 3 is 2.26 bits per heavy atom. The van der Waals surface area contributed by atoms with Crippen molar-refractivity contribution in [2.24, 2.45) is 11.7 Å². The van der Waals surface area contributed by atoms with E-state index in [0.29, 0.717) is 30.6 Å². The Morgan fingerprint density at radius 1 is 1.22 bits per heavy atom. The minimum atomic E-state index is -2.23. The van der Waals surface area contributed by atoms with E-state index in [9.17, 15) is 27.1 Å². The van der Waals surface area contributed by atoms with Gasteiger partial charge in [-0.05, 0) is 37.0 Å². The monoisotopic (exact) mass is 461 g/mol. The molecule has 11 heteroatoms. The van der Waals surface area contributed by atoms with E-state index in [1.54, 1.807) is 0 Å². The molecule has 3 N–H and O–H groups in total. The van der Waals surface area contributed by atoms with Crippen molar-refractivity contribution in [3.05, 3.63) is 41.2 Å². The molecule has 0 saturated heterocycles. The molecule has 1 aliphatic rings. The number of nitrogens with two attached hydrogens (primary N) is 1. The summed E-state index contributed by atoms with van der Waals surface area (Å²) in [6.45, 7) is 5.78. The highest BCUT2D eigenvalue weighted by molar-refractivity contribution is 8.66. The molecule has 1 unspecified atom stereocenters. The summed E-state index contributed by atoms with van der Waals surface area (Å²) in [7, 11) is 0. The third kappa shape index (κ3) is 5.12. The fourth-order valence-electron chi connectivity index (χ4n) is 2.65. The van der Waals surface area contributed by atoms with Gasteiger partial charge in [-0.15, -0.1) is 11.2 Å². The van der Waals surface area contributed by atoms with Crippen LogP contribution in [0.15, 0.2) is 17.0 Å². The summed E-state index contributed by atoms with van der Waals surface area (Å²) in [5, 5.41) is 9.86. The van der Waals surface area contributed by atoms with Crippen LogP contribution in [0, 0.1) is 39.9 Å². The molecule has 150 valence electrons. The zero-order valence-electron chi connectivity index (χ0n) is 14.1. The van der Waals surface area contributed by atoms with Gasteiger partial charge in [0.1, 0.15) is 5.72 Å². The van der Waals surface area contributed by atoms with Gasteiger partial charge in [0.25, 0.3) is 0 Å². The standard InChI is InChI=1S/C16H17F5NOPS3/c1-7(2)8-3-4-16(22,23)9(5-8)26-6-24(25)27-15-13(20)11(18)10(17)12(19)14(15)21/h8-9,23-24H,1,3-5,22H2,2H3/t8-,9+,16+/m1/s1. The molecule has 0 spiro atoms. The van der Waals surface area contributed by atoms with E-state index in [0.717, 1.165) is 16.7 Å². The van der Waals surface area contributed by atoms with E-state index in [1.165, 1.54) is 0 Å². The maximum Gasteiger partial charge on any atom is 0.200 e. The predicted molar refractivity (Wildman–Crippen MR) is 104 cm³/mol. The Hall–Kier alpha value is -0.470. The van der Waals surface area contributed by atoms with E-state index < -0.39 is 50.9 Å². The molecule has 0 aliphatic heterocycles. The van der Waals surface area contributed by atoms with E-state index in [4.69, 9.17) is 17.5 Å². The van der Waals surface area contributed by atoms with Crippen LogP contribution in [0.4, 0.5) is 22.0 Å². The van der Waals surface area contributed by atoms with Crippen LogP contribution < -0.4 is 5.73 Å². The van der Waals surface area contributed by atoms with Crippen LogP contribution in [0.1, 0.15) is 26.2 Å². The van der Waals surface area contributed by atoms with Crippen molar-refractivity contribution >= 4 is 40.3 Å². The highest BCUT2D eigenvalue weighted by Crippen LogP contribution is 2.48. The second-order valence-corrected chi connectivity index (χ2v) is 13.0. The maximum atomic E-state index is 13.7. The average molecular weight is 461 g/mol. The molecule has 1 aromatic carbocycles. The van der Waals surface area contributed by atoms with Crippen molar-refractivity contribution in [1.29, 1.82) is 0 Å². The largest absolute Gasteiger partial charge is 0.375 e.